The van der Waals surface area contributed by atoms with Gasteiger partial charge in [0.1, 0.15) is 0 Å². The predicted octanol–water partition coefficient (Wildman–Crippen LogP) is 0.440. The Kier molecular flexibility index (Phi) is 4.17. The first-order valence-electron chi connectivity index (χ1n) is 4.16. The van der Waals surface area contributed by atoms with Gasteiger partial charge in [-0.1, -0.05) is 0 Å². The van der Waals surface area contributed by atoms with Crippen molar-refractivity contribution in [2.75, 3.05) is 13.1 Å². The summed E-state index contributed by atoms with van der Waals surface area (Å²) in [7, 11) is 0. The van der Waals surface area contributed by atoms with Gasteiger partial charge in [-0.2, -0.15) is 0 Å². The van der Waals surface area contributed by atoms with E-state index in [0.717, 1.165) is 0 Å². The van der Waals surface area contributed by atoms with E-state index in [0.29, 0.717) is 11.2 Å². The minimum absolute atomic E-state index is 0.209. The summed E-state index contributed by atoms with van der Waals surface area (Å²) < 4.78 is 5.50. The molecule has 15 heavy (non-hydrogen) atoms. The van der Waals surface area contributed by atoms with Crippen molar-refractivity contribution in [1.29, 1.82) is 0 Å². The maximum Gasteiger partial charge on any atom is 0.312 e. The summed E-state index contributed by atoms with van der Waals surface area (Å²) in [6.45, 7) is 0.572. The molecule has 0 saturated carbocycles. The molecule has 0 saturated heterocycles. The third kappa shape index (κ3) is 4.03. The molecule has 0 atom stereocenters. The zero-order valence-electron chi connectivity index (χ0n) is 7.75. The summed E-state index contributed by atoms with van der Waals surface area (Å²) in [6, 6.07) is 2.54. The summed E-state index contributed by atoms with van der Waals surface area (Å²) in [5.74, 6) is -0.132. The van der Waals surface area contributed by atoms with Crippen LogP contribution in [0.25, 0.3) is 0 Å². The number of rotatable bonds is 4. The molecule has 0 unspecified atom stereocenters. The van der Waals surface area contributed by atoms with Crippen molar-refractivity contribution < 1.29 is 14.0 Å². The smallest absolute Gasteiger partial charge is 0.312 e. The number of primary amides is 1. The number of furan rings is 1. The van der Waals surface area contributed by atoms with E-state index in [4.69, 9.17) is 10.2 Å². The first-order chi connectivity index (χ1) is 7.09. The van der Waals surface area contributed by atoms with Gasteiger partial charge in [-0.05, 0) is 28.1 Å². The van der Waals surface area contributed by atoms with E-state index in [1.165, 1.54) is 0 Å². The summed E-state index contributed by atoms with van der Waals surface area (Å²) in [5.41, 5.74) is 4.84. The Labute approximate surface area is 94.3 Å². The fourth-order valence-electron chi connectivity index (χ4n) is 0.885. The second-order valence-corrected chi connectivity index (χ2v) is 3.43. The maximum atomic E-state index is 11.3. The number of carbonyl (C=O) groups is 2. The van der Waals surface area contributed by atoms with Crippen molar-refractivity contribution in [2.24, 2.45) is 5.73 Å². The molecule has 4 N–H and O–H groups in total. The molecule has 0 bridgehead atoms. The Balaban J connectivity index is 2.28. The Bertz CT molecular complexity index is 364. The number of hydrogen-bond acceptors (Lipinski definition) is 3. The van der Waals surface area contributed by atoms with E-state index in [1.807, 2.05) is 0 Å². The van der Waals surface area contributed by atoms with E-state index < -0.39 is 6.03 Å². The maximum absolute atomic E-state index is 11.3. The molecule has 7 heteroatoms. The van der Waals surface area contributed by atoms with Crippen molar-refractivity contribution in [1.82, 2.24) is 10.6 Å². The molecule has 82 valence electrons. The highest BCUT2D eigenvalue weighted by atomic mass is 79.9. The summed E-state index contributed by atoms with van der Waals surface area (Å²) in [4.78, 5) is 21.6. The number of halogens is 1. The van der Waals surface area contributed by atoms with Crippen molar-refractivity contribution in [3.05, 3.63) is 22.6 Å². The highest BCUT2D eigenvalue weighted by Gasteiger charge is 2.08. The van der Waals surface area contributed by atoms with Crippen molar-refractivity contribution in [3.63, 3.8) is 0 Å². The fourth-order valence-corrected chi connectivity index (χ4v) is 1.19. The number of hydrogen-bond donors (Lipinski definition) is 3. The van der Waals surface area contributed by atoms with E-state index in [2.05, 4.69) is 26.6 Å². The number of nitrogens with two attached hydrogens (primary N) is 1. The summed E-state index contributed by atoms with van der Waals surface area (Å²) in [6.07, 6.45) is 0. The molecule has 0 aliphatic heterocycles. The third-order valence-electron chi connectivity index (χ3n) is 1.51. The number of urea groups is 1. The van der Waals surface area contributed by atoms with Gasteiger partial charge in [0, 0.05) is 13.1 Å². The zero-order valence-corrected chi connectivity index (χ0v) is 9.33. The van der Waals surface area contributed by atoms with Crippen LogP contribution in [0.5, 0.6) is 0 Å². The van der Waals surface area contributed by atoms with Crippen molar-refractivity contribution in [3.8, 4) is 0 Å². The highest BCUT2D eigenvalue weighted by molar-refractivity contribution is 9.10. The Morgan fingerprint density at radius 1 is 1.33 bits per heavy atom. The summed E-state index contributed by atoms with van der Waals surface area (Å²) >= 11 is 3.08. The topological polar surface area (TPSA) is 97.4 Å². The first kappa shape index (κ1) is 11.6. The van der Waals surface area contributed by atoms with E-state index in [1.54, 1.807) is 12.1 Å². The van der Waals surface area contributed by atoms with Crippen LogP contribution in [-0.4, -0.2) is 25.0 Å². The van der Waals surface area contributed by atoms with Gasteiger partial charge in [-0.3, -0.25) is 4.79 Å². The number of amides is 3. The molecular formula is C8H10BrN3O3. The minimum Gasteiger partial charge on any atom is -0.444 e. The van der Waals surface area contributed by atoms with Crippen LogP contribution >= 0.6 is 15.9 Å². The lowest BCUT2D eigenvalue weighted by atomic mass is 10.4. The van der Waals surface area contributed by atoms with Gasteiger partial charge in [-0.15, -0.1) is 0 Å². The van der Waals surface area contributed by atoms with Crippen LogP contribution < -0.4 is 16.4 Å². The van der Waals surface area contributed by atoms with Crippen molar-refractivity contribution >= 4 is 27.9 Å². The first-order valence-corrected chi connectivity index (χ1v) is 4.95. The van der Waals surface area contributed by atoms with Crippen molar-refractivity contribution in [2.45, 2.75) is 0 Å². The monoisotopic (exact) mass is 275 g/mol. The van der Waals surface area contributed by atoms with Crippen LogP contribution in [0.1, 0.15) is 10.6 Å². The predicted molar refractivity (Wildman–Crippen MR) is 56.3 cm³/mol. The van der Waals surface area contributed by atoms with Crippen LogP contribution in [0.4, 0.5) is 4.79 Å². The lowest BCUT2D eigenvalue weighted by Crippen LogP contribution is -2.37. The molecule has 0 aliphatic carbocycles. The molecule has 1 aromatic heterocycles. The molecule has 1 rings (SSSR count). The standard InChI is InChI=1S/C8H10BrN3O3/c9-6-2-1-5(15-6)7(13)11-3-4-12-8(10)14/h1-2H,3-4H2,(H,11,13)(H3,10,12,14). The number of nitrogens with one attached hydrogen (secondary N) is 2. The Hall–Kier alpha value is -1.50. The minimum atomic E-state index is -0.620. The molecule has 6 nitrogen and oxygen atoms in total. The van der Waals surface area contributed by atoms with E-state index >= 15 is 0 Å². The van der Waals surface area contributed by atoms with E-state index in [9.17, 15) is 9.59 Å². The summed E-state index contributed by atoms with van der Waals surface area (Å²) in [5, 5.41) is 4.89. The Morgan fingerprint density at radius 2 is 2.00 bits per heavy atom. The van der Waals surface area contributed by atoms with Gasteiger partial charge >= 0.3 is 6.03 Å². The van der Waals surface area contributed by atoms with Gasteiger partial charge in [0.2, 0.25) is 0 Å². The van der Waals surface area contributed by atoms with Crippen LogP contribution in [0.15, 0.2) is 21.2 Å². The van der Waals surface area contributed by atoms with E-state index in [-0.39, 0.29) is 18.2 Å². The average Bonchev–Trinajstić information content (AvgIpc) is 2.59. The second-order valence-electron chi connectivity index (χ2n) is 2.65. The fraction of sp³-hybridized carbons (Fsp3) is 0.250. The largest absolute Gasteiger partial charge is 0.444 e. The molecule has 1 heterocycles. The SMILES string of the molecule is NC(=O)NCCNC(=O)c1ccc(Br)o1. The molecule has 1 aromatic rings. The van der Waals surface area contributed by atoms with Crippen LogP contribution in [0, 0.1) is 0 Å². The average molecular weight is 276 g/mol. The zero-order chi connectivity index (χ0) is 11.3. The molecular weight excluding hydrogens is 266 g/mol. The second kappa shape index (κ2) is 5.40. The molecule has 3 amide bonds. The molecule has 0 spiro atoms. The van der Waals surface area contributed by atoms with Gasteiger partial charge in [-0.25, -0.2) is 4.79 Å². The molecule has 0 aliphatic rings. The number of carbonyl (C=O) groups excluding carboxylic acids is 2. The highest BCUT2D eigenvalue weighted by Crippen LogP contribution is 2.13. The van der Waals surface area contributed by atoms with Crippen LogP contribution in [0.2, 0.25) is 0 Å². The lowest BCUT2D eigenvalue weighted by molar-refractivity contribution is 0.0925. The van der Waals surface area contributed by atoms with Gasteiger partial charge in [0.25, 0.3) is 5.91 Å². The lowest BCUT2D eigenvalue weighted by Gasteiger charge is -2.02. The third-order valence-corrected chi connectivity index (χ3v) is 1.93. The van der Waals surface area contributed by atoms with Gasteiger partial charge in [0.05, 0.1) is 0 Å². The molecule has 0 radical (unpaired) electrons. The van der Waals surface area contributed by atoms with Gasteiger partial charge in [0.15, 0.2) is 10.4 Å². The quantitative estimate of drug-likeness (QED) is 0.696. The normalized spacial score (nSPS) is 9.67. The van der Waals surface area contributed by atoms with Gasteiger partial charge < -0.3 is 20.8 Å². The van der Waals surface area contributed by atoms with Crippen LogP contribution in [0.3, 0.4) is 0 Å². The van der Waals surface area contributed by atoms with Crippen LogP contribution in [-0.2, 0) is 0 Å². The molecule has 0 fully saturated rings. The molecule has 0 aromatic carbocycles. The Morgan fingerprint density at radius 3 is 2.53 bits per heavy atom.